The van der Waals surface area contributed by atoms with Crippen molar-refractivity contribution in [2.75, 3.05) is 18.4 Å². The first-order valence-corrected chi connectivity index (χ1v) is 7.29. The average Bonchev–Trinajstić information content (AvgIpc) is 2.91. The number of nitrogens with one attached hydrogen (secondary N) is 1. The number of nitrogens with two attached hydrogens (primary N) is 1. The molecule has 0 aliphatic heterocycles. The minimum Gasteiger partial charge on any atom is -0.330 e. The Morgan fingerprint density at radius 3 is 2.81 bits per heavy atom. The van der Waals surface area contributed by atoms with E-state index in [0.29, 0.717) is 13.1 Å². The van der Waals surface area contributed by atoms with Crippen LogP contribution in [0.3, 0.4) is 0 Å². The fourth-order valence-electron chi connectivity index (χ4n) is 3.01. The highest BCUT2D eigenvalue weighted by atomic mass is 19.1. The van der Waals surface area contributed by atoms with Crippen molar-refractivity contribution in [1.29, 1.82) is 0 Å². The molecule has 1 aromatic rings. The molecule has 2 rings (SSSR count). The van der Waals surface area contributed by atoms with Gasteiger partial charge < -0.3 is 16.0 Å². The van der Waals surface area contributed by atoms with Crippen molar-refractivity contribution in [2.45, 2.75) is 32.2 Å². The van der Waals surface area contributed by atoms with Crippen molar-refractivity contribution in [2.24, 2.45) is 11.7 Å². The molecule has 2 atom stereocenters. The van der Waals surface area contributed by atoms with Crippen LogP contribution in [-0.4, -0.2) is 30.1 Å². The Morgan fingerprint density at radius 2 is 2.19 bits per heavy atom. The number of benzene rings is 1. The minimum absolute atomic E-state index is 0.0119. The van der Waals surface area contributed by atoms with Gasteiger partial charge in [0.25, 0.3) is 0 Å². The van der Waals surface area contributed by atoms with Gasteiger partial charge in [-0.05, 0) is 44.4 Å². The molecule has 6 heteroatoms. The standard InChI is InChI=1S/C15H21F2N3O/c1-2-20(14-5-3-4-10(14)9-18)15(21)19-13-7-6-11(16)8-12(13)17/h6-8,10,14H,2-5,9,18H2,1H3,(H,19,21). The maximum atomic E-state index is 13.6. The van der Waals surface area contributed by atoms with Gasteiger partial charge in [-0.15, -0.1) is 0 Å². The van der Waals surface area contributed by atoms with Crippen molar-refractivity contribution in [3.05, 3.63) is 29.8 Å². The van der Waals surface area contributed by atoms with E-state index in [0.717, 1.165) is 31.4 Å². The third-order valence-electron chi connectivity index (χ3n) is 4.10. The zero-order valence-electron chi connectivity index (χ0n) is 12.1. The predicted octanol–water partition coefficient (Wildman–Crippen LogP) is 2.95. The second-order valence-corrected chi connectivity index (χ2v) is 5.33. The maximum absolute atomic E-state index is 13.6. The second-order valence-electron chi connectivity index (χ2n) is 5.33. The van der Waals surface area contributed by atoms with Gasteiger partial charge in [-0.3, -0.25) is 0 Å². The van der Waals surface area contributed by atoms with Crippen LogP contribution in [-0.2, 0) is 0 Å². The Balaban J connectivity index is 2.09. The lowest BCUT2D eigenvalue weighted by Gasteiger charge is -2.32. The molecule has 0 spiro atoms. The summed E-state index contributed by atoms with van der Waals surface area (Å²) < 4.78 is 26.5. The number of urea groups is 1. The van der Waals surface area contributed by atoms with E-state index >= 15 is 0 Å². The third-order valence-corrected chi connectivity index (χ3v) is 4.10. The molecule has 0 bridgehead atoms. The monoisotopic (exact) mass is 297 g/mol. The number of carbonyl (C=O) groups excluding carboxylic acids is 1. The summed E-state index contributed by atoms with van der Waals surface area (Å²) in [5.41, 5.74) is 5.74. The predicted molar refractivity (Wildman–Crippen MR) is 77.9 cm³/mol. The number of amides is 2. The number of hydrogen-bond donors (Lipinski definition) is 2. The molecular weight excluding hydrogens is 276 g/mol. The van der Waals surface area contributed by atoms with Crippen LogP contribution in [0.5, 0.6) is 0 Å². The van der Waals surface area contributed by atoms with Gasteiger partial charge in [0.1, 0.15) is 11.6 Å². The molecule has 2 amide bonds. The van der Waals surface area contributed by atoms with Crippen molar-refractivity contribution in [1.82, 2.24) is 4.90 Å². The molecule has 2 unspecified atom stereocenters. The summed E-state index contributed by atoms with van der Waals surface area (Å²) in [7, 11) is 0. The molecule has 3 N–H and O–H groups in total. The number of nitrogens with zero attached hydrogens (tertiary/aromatic N) is 1. The van der Waals surface area contributed by atoms with E-state index in [1.807, 2.05) is 6.92 Å². The molecule has 0 aromatic heterocycles. The summed E-state index contributed by atoms with van der Waals surface area (Å²) in [4.78, 5) is 14.0. The first kappa shape index (κ1) is 15.7. The Bertz CT molecular complexity index is 510. The number of carbonyl (C=O) groups is 1. The van der Waals surface area contributed by atoms with E-state index in [1.165, 1.54) is 6.07 Å². The molecule has 1 aliphatic carbocycles. The van der Waals surface area contributed by atoms with Crippen LogP contribution < -0.4 is 11.1 Å². The third kappa shape index (κ3) is 3.50. The summed E-state index contributed by atoms with van der Waals surface area (Å²) in [5.74, 6) is -1.16. The Labute approximate surface area is 123 Å². The summed E-state index contributed by atoms with van der Waals surface area (Å²) in [6.07, 6.45) is 2.96. The van der Waals surface area contributed by atoms with E-state index in [-0.39, 0.29) is 23.7 Å². The van der Waals surface area contributed by atoms with Gasteiger partial charge in [0.2, 0.25) is 0 Å². The van der Waals surface area contributed by atoms with Crippen molar-refractivity contribution in [3.8, 4) is 0 Å². The topological polar surface area (TPSA) is 58.4 Å². The van der Waals surface area contributed by atoms with Crippen LogP contribution in [0, 0.1) is 17.6 Å². The smallest absolute Gasteiger partial charge is 0.322 e. The largest absolute Gasteiger partial charge is 0.330 e. The summed E-state index contributed by atoms with van der Waals surface area (Å²) in [5, 5.41) is 2.51. The first-order chi connectivity index (χ1) is 10.1. The summed E-state index contributed by atoms with van der Waals surface area (Å²) in [6, 6.07) is 2.82. The Kier molecular flexibility index (Phi) is 5.12. The number of hydrogen-bond acceptors (Lipinski definition) is 2. The number of halogens is 2. The fraction of sp³-hybridized carbons (Fsp3) is 0.533. The van der Waals surface area contributed by atoms with Gasteiger partial charge in [0, 0.05) is 18.7 Å². The van der Waals surface area contributed by atoms with Crippen LogP contribution in [0.25, 0.3) is 0 Å². The van der Waals surface area contributed by atoms with Crippen LogP contribution in [0.4, 0.5) is 19.3 Å². The molecule has 1 saturated carbocycles. The zero-order valence-corrected chi connectivity index (χ0v) is 12.1. The summed E-state index contributed by atoms with van der Waals surface area (Å²) in [6.45, 7) is 2.95. The van der Waals surface area contributed by atoms with E-state index in [2.05, 4.69) is 5.32 Å². The SMILES string of the molecule is CCN(C(=O)Nc1ccc(F)cc1F)C1CCCC1CN. The summed E-state index contributed by atoms with van der Waals surface area (Å²) >= 11 is 0. The van der Waals surface area contributed by atoms with Crippen LogP contribution in [0.1, 0.15) is 26.2 Å². The van der Waals surface area contributed by atoms with Crippen LogP contribution in [0.2, 0.25) is 0 Å². The number of rotatable bonds is 4. The fourth-order valence-corrected chi connectivity index (χ4v) is 3.01. The Morgan fingerprint density at radius 1 is 1.43 bits per heavy atom. The molecule has 0 heterocycles. The lowest BCUT2D eigenvalue weighted by Crippen LogP contribution is -2.46. The molecule has 1 aliphatic rings. The molecule has 21 heavy (non-hydrogen) atoms. The molecule has 4 nitrogen and oxygen atoms in total. The highest BCUT2D eigenvalue weighted by molar-refractivity contribution is 5.89. The van der Waals surface area contributed by atoms with Crippen molar-refractivity contribution in [3.63, 3.8) is 0 Å². The normalized spacial score (nSPS) is 21.3. The van der Waals surface area contributed by atoms with Gasteiger partial charge in [-0.1, -0.05) is 6.42 Å². The molecule has 1 aromatic carbocycles. The van der Waals surface area contributed by atoms with Gasteiger partial charge in [-0.2, -0.15) is 0 Å². The highest BCUT2D eigenvalue weighted by Crippen LogP contribution is 2.29. The lowest BCUT2D eigenvalue weighted by atomic mass is 10.0. The number of anilines is 1. The van der Waals surface area contributed by atoms with Crippen LogP contribution in [0.15, 0.2) is 18.2 Å². The van der Waals surface area contributed by atoms with Crippen molar-refractivity contribution < 1.29 is 13.6 Å². The van der Waals surface area contributed by atoms with Gasteiger partial charge in [0.15, 0.2) is 0 Å². The molecule has 1 fully saturated rings. The quantitative estimate of drug-likeness (QED) is 0.897. The lowest BCUT2D eigenvalue weighted by molar-refractivity contribution is 0.175. The highest BCUT2D eigenvalue weighted by Gasteiger charge is 2.33. The second kappa shape index (κ2) is 6.85. The van der Waals surface area contributed by atoms with E-state index in [9.17, 15) is 13.6 Å². The molecular formula is C15H21F2N3O. The van der Waals surface area contributed by atoms with Crippen molar-refractivity contribution >= 4 is 11.7 Å². The van der Waals surface area contributed by atoms with E-state index in [4.69, 9.17) is 5.73 Å². The zero-order chi connectivity index (χ0) is 15.4. The average molecular weight is 297 g/mol. The van der Waals surface area contributed by atoms with Gasteiger partial charge in [0.05, 0.1) is 5.69 Å². The minimum atomic E-state index is -0.777. The van der Waals surface area contributed by atoms with Gasteiger partial charge in [-0.25, -0.2) is 13.6 Å². The molecule has 0 saturated heterocycles. The maximum Gasteiger partial charge on any atom is 0.322 e. The van der Waals surface area contributed by atoms with Gasteiger partial charge >= 0.3 is 6.03 Å². The first-order valence-electron chi connectivity index (χ1n) is 7.29. The van der Waals surface area contributed by atoms with E-state index in [1.54, 1.807) is 4.90 Å². The van der Waals surface area contributed by atoms with Crippen LogP contribution >= 0.6 is 0 Å². The molecule has 0 radical (unpaired) electrons. The van der Waals surface area contributed by atoms with E-state index < -0.39 is 11.6 Å². The molecule has 116 valence electrons. The Hall–Kier alpha value is -1.69.